The molecule has 2 heterocycles. The molecule has 8 nitrogen and oxygen atoms in total. The van der Waals surface area contributed by atoms with E-state index in [0.29, 0.717) is 51.9 Å². The van der Waals surface area contributed by atoms with Crippen LogP contribution in [0.2, 0.25) is 0 Å². The van der Waals surface area contributed by atoms with Gasteiger partial charge in [-0.25, -0.2) is 9.59 Å². The second kappa shape index (κ2) is 15.4. The van der Waals surface area contributed by atoms with Gasteiger partial charge in [-0.2, -0.15) is 0 Å². The SMILES string of the molecule is CC(C)(C)OC(=O)NC(CCCCN(Cc1ccccc1)C(=O)O)CN(Cc1cccs1)C(=O)Cc1cccs1. The zero-order valence-corrected chi connectivity index (χ0v) is 25.0. The number of unbranched alkanes of at least 4 members (excludes halogenated alkanes) is 1. The van der Waals surface area contributed by atoms with E-state index >= 15 is 0 Å². The molecule has 0 saturated heterocycles. The number of rotatable bonds is 14. The Morgan fingerprint density at radius 1 is 0.900 bits per heavy atom. The number of carboxylic acid groups (broad SMARTS) is 1. The Morgan fingerprint density at radius 2 is 1.57 bits per heavy atom. The number of ether oxygens (including phenoxy) is 1. The molecule has 0 spiro atoms. The molecule has 0 bridgehead atoms. The van der Waals surface area contributed by atoms with Crippen molar-refractivity contribution in [1.82, 2.24) is 15.1 Å². The third-order valence-corrected chi connectivity index (χ3v) is 7.80. The smallest absolute Gasteiger partial charge is 0.407 e. The molecule has 1 atom stereocenters. The minimum atomic E-state index is -0.964. The van der Waals surface area contributed by atoms with Gasteiger partial charge in [0.1, 0.15) is 5.60 Å². The first-order valence-corrected chi connectivity index (χ1v) is 15.2. The Bertz CT molecular complexity index is 1180. The monoisotopic (exact) mass is 585 g/mol. The number of alkyl carbamates (subject to hydrolysis) is 1. The highest BCUT2D eigenvalue weighted by atomic mass is 32.1. The first kappa shape index (κ1) is 31.2. The van der Waals surface area contributed by atoms with Gasteiger partial charge < -0.3 is 25.0 Å². The number of carbonyl (C=O) groups excluding carboxylic acids is 2. The first-order chi connectivity index (χ1) is 19.1. The summed E-state index contributed by atoms with van der Waals surface area (Å²) in [4.78, 5) is 43.2. The van der Waals surface area contributed by atoms with Crippen molar-refractivity contribution in [3.05, 3.63) is 80.7 Å². The molecule has 1 aromatic carbocycles. The van der Waals surface area contributed by atoms with Gasteiger partial charge in [0.15, 0.2) is 0 Å². The van der Waals surface area contributed by atoms with Crippen molar-refractivity contribution in [3.8, 4) is 0 Å². The zero-order valence-electron chi connectivity index (χ0n) is 23.4. The van der Waals surface area contributed by atoms with Crippen LogP contribution in [-0.2, 0) is 29.0 Å². The molecule has 0 aliphatic rings. The summed E-state index contributed by atoms with van der Waals surface area (Å²) >= 11 is 3.14. The van der Waals surface area contributed by atoms with Crippen LogP contribution in [0.4, 0.5) is 9.59 Å². The molecule has 3 aromatic rings. The Kier molecular flexibility index (Phi) is 12.0. The van der Waals surface area contributed by atoms with Crippen LogP contribution >= 0.6 is 22.7 Å². The van der Waals surface area contributed by atoms with E-state index in [9.17, 15) is 19.5 Å². The summed E-state index contributed by atoms with van der Waals surface area (Å²) in [5.41, 5.74) is 0.280. The Labute approximate surface area is 244 Å². The Morgan fingerprint density at radius 3 is 2.17 bits per heavy atom. The van der Waals surface area contributed by atoms with Gasteiger partial charge in [-0.15, -0.1) is 22.7 Å². The molecule has 40 heavy (non-hydrogen) atoms. The van der Waals surface area contributed by atoms with E-state index in [4.69, 9.17) is 4.74 Å². The first-order valence-electron chi connectivity index (χ1n) is 13.4. The number of carbonyl (C=O) groups is 3. The van der Waals surface area contributed by atoms with E-state index in [-0.39, 0.29) is 11.9 Å². The maximum absolute atomic E-state index is 13.4. The van der Waals surface area contributed by atoms with Crippen molar-refractivity contribution < 1.29 is 24.2 Å². The fourth-order valence-electron chi connectivity index (χ4n) is 4.21. The molecule has 2 aromatic heterocycles. The van der Waals surface area contributed by atoms with Crippen LogP contribution in [0, 0.1) is 0 Å². The highest BCUT2D eigenvalue weighted by Crippen LogP contribution is 2.18. The van der Waals surface area contributed by atoms with Crippen molar-refractivity contribution >= 4 is 40.8 Å². The standard InChI is InChI=1S/C30H39N3O5S2/c1-30(2,3)38-28(35)31-24(13-7-8-16-32(29(36)37)20-23-11-5-4-6-12-23)21-33(22-26-15-10-18-40-26)27(34)19-25-14-9-17-39-25/h4-6,9-12,14-15,17-18,24H,7-8,13,16,19-22H2,1-3H3,(H,31,35)(H,36,37). The zero-order chi connectivity index (χ0) is 29.0. The maximum atomic E-state index is 13.4. The fraction of sp³-hybridized carbons (Fsp3) is 0.433. The van der Waals surface area contributed by atoms with Crippen molar-refractivity contribution in [3.63, 3.8) is 0 Å². The topological polar surface area (TPSA) is 99.2 Å². The largest absolute Gasteiger partial charge is 0.465 e. The third-order valence-electron chi connectivity index (χ3n) is 6.06. The normalized spacial score (nSPS) is 12.0. The van der Waals surface area contributed by atoms with E-state index in [1.165, 1.54) is 4.90 Å². The van der Waals surface area contributed by atoms with Crippen molar-refractivity contribution in [2.24, 2.45) is 0 Å². The van der Waals surface area contributed by atoms with E-state index < -0.39 is 17.8 Å². The van der Waals surface area contributed by atoms with E-state index in [2.05, 4.69) is 5.32 Å². The van der Waals surface area contributed by atoms with Gasteiger partial charge in [0.2, 0.25) is 5.91 Å². The quantitative estimate of drug-likeness (QED) is 0.207. The van der Waals surface area contributed by atoms with Crippen molar-refractivity contribution in [2.75, 3.05) is 13.1 Å². The van der Waals surface area contributed by atoms with Crippen LogP contribution in [0.5, 0.6) is 0 Å². The molecule has 0 radical (unpaired) electrons. The highest BCUT2D eigenvalue weighted by molar-refractivity contribution is 7.10. The molecule has 0 fully saturated rings. The summed E-state index contributed by atoms with van der Waals surface area (Å²) in [6.45, 7) is 6.90. The molecule has 216 valence electrons. The second-order valence-electron chi connectivity index (χ2n) is 10.6. The number of nitrogens with zero attached hydrogens (tertiary/aromatic N) is 2. The minimum Gasteiger partial charge on any atom is -0.465 e. The maximum Gasteiger partial charge on any atom is 0.407 e. The summed E-state index contributed by atoms with van der Waals surface area (Å²) in [6, 6.07) is 17.0. The van der Waals surface area contributed by atoms with Gasteiger partial charge in [0, 0.05) is 35.4 Å². The second-order valence-corrected chi connectivity index (χ2v) is 12.7. The fourth-order valence-corrected chi connectivity index (χ4v) is 5.62. The summed E-state index contributed by atoms with van der Waals surface area (Å²) in [5.74, 6) is -0.00764. The molecule has 0 aliphatic heterocycles. The molecule has 0 saturated carbocycles. The molecule has 10 heteroatoms. The lowest BCUT2D eigenvalue weighted by Crippen LogP contribution is -2.47. The Hall–Kier alpha value is -3.37. The number of hydrogen-bond donors (Lipinski definition) is 2. The van der Waals surface area contributed by atoms with Crippen molar-refractivity contribution in [2.45, 2.75) is 71.2 Å². The molecule has 2 N–H and O–H groups in total. The highest BCUT2D eigenvalue weighted by Gasteiger charge is 2.24. The summed E-state index contributed by atoms with van der Waals surface area (Å²) < 4.78 is 5.51. The molecule has 3 rings (SSSR count). The molecular weight excluding hydrogens is 546 g/mol. The lowest BCUT2D eigenvalue weighted by Gasteiger charge is -2.29. The molecule has 1 unspecified atom stereocenters. The van der Waals surface area contributed by atoms with Gasteiger partial charge in [-0.3, -0.25) is 4.79 Å². The van der Waals surface area contributed by atoms with Crippen LogP contribution in [0.25, 0.3) is 0 Å². The number of thiophene rings is 2. The van der Waals surface area contributed by atoms with Gasteiger partial charge in [-0.05, 0) is 68.5 Å². The van der Waals surface area contributed by atoms with Gasteiger partial charge >= 0.3 is 12.2 Å². The van der Waals surface area contributed by atoms with Crippen LogP contribution in [0.1, 0.15) is 55.4 Å². The molecule has 0 aliphatic carbocycles. The van der Waals surface area contributed by atoms with E-state index in [1.807, 2.05) is 86.1 Å². The number of benzene rings is 1. The number of amides is 3. The number of nitrogens with one attached hydrogen (secondary N) is 1. The summed E-state index contributed by atoms with van der Waals surface area (Å²) in [7, 11) is 0. The summed E-state index contributed by atoms with van der Waals surface area (Å²) in [5, 5.41) is 16.6. The molecule has 3 amide bonds. The third kappa shape index (κ3) is 11.4. The van der Waals surface area contributed by atoms with Crippen LogP contribution < -0.4 is 5.32 Å². The Balaban J connectivity index is 1.66. The van der Waals surface area contributed by atoms with E-state index in [0.717, 1.165) is 15.3 Å². The predicted molar refractivity (Wildman–Crippen MR) is 160 cm³/mol. The van der Waals surface area contributed by atoms with Gasteiger partial charge in [0.05, 0.1) is 13.0 Å². The van der Waals surface area contributed by atoms with Crippen LogP contribution in [0.3, 0.4) is 0 Å². The van der Waals surface area contributed by atoms with Crippen LogP contribution in [-0.4, -0.2) is 57.7 Å². The van der Waals surface area contributed by atoms with Crippen LogP contribution in [0.15, 0.2) is 65.4 Å². The average molecular weight is 586 g/mol. The minimum absolute atomic E-state index is 0.00764. The lowest BCUT2D eigenvalue weighted by molar-refractivity contribution is -0.131. The predicted octanol–water partition coefficient (Wildman–Crippen LogP) is 6.62. The summed E-state index contributed by atoms with van der Waals surface area (Å²) in [6.07, 6.45) is 0.676. The van der Waals surface area contributed by atoms with E-state index in [1.54, 1.807) is 27.6 Å². The number of hydrogen-bond acceptors (Lipinski definition) is 6. The van der Waals surface area contributed by atoms with Crippen molar-refractivity contribution in [1.29, 1.82) is 0 Å². The van der Waals surface area contributed by atoms with Gasteiger partial charge in [-0.1, -0.05) is 42.5 Å². The lowest BCUT2D eigenvalue weighted by atomic mass is 10.1. The molecular formula is C30H39N3O5S2. The van der Waals surface area contributed by atoms with Gasteiger partial charge in [0.25, 0.3) is 0 Å². The average Bonchev–Trinajstić information content (AvgIpc) is 3.59.